The van der Waals surface area contributed by atoms with E-state index in [9.17, 15) is 24.3 Å². The first-order valence-electron chi connectivity index (χ1n) is 11.8. The van der Waals surface area contributed by atoms with Crippen LogP contribution in [0.15, 0.2) is 18.2 Å². The summed E-state index contributed by atoms with van der Waals surface area (Å²) in [6.07, 6.45) is 0.777. The fraction of sp³-hybridized carbons (Fsp3) is 0.615. The van der Waals surface area contributed by atoms with E-state index in [-0.39, 0.29) is 24.0 Å². The van der Waals surface area contributed by atoms with Crippen molar-refractivity contribution in [1.29, 1.82) is 0 Å². The summed E-state index contributed by atoms with van der Waals surface area (Å²) in [6.45, 7) is 15.2. The minimum atomic E-state index is -2.05. The molecule has 1 aromatic rings. The molecule has 0 saturated heterocycles. The molecular weight excluding hydrogens is 454 g/mol. The Morgan fingerprint density at radius 1 is 0.914 bits per heavy atom. The van der Waals surface area contributed by atoms with Gasteiger partial charge >= 0.3 is 23.9 Å². The molecule has 0 aromatic heterocycles. The highest BCUT2D eigenvalue weighted by Crippen LogP contribution is 2.35. The Balaban J connectivity index is 3.54. The first-order valence-corrected chi connectivity index (χ1v) is 11.8. The van der Waals surface area contributed by atoms with E-state index in [0.717, 1.165) is 6.92 Å². The van der Waals surface area contributed by atoms with Gasteiger partial charge in [0, 0.05) is 19.4 Å². The first-order chi connectivity index (χ1) is 16.0. The monoisotopic (exact) mass is 493 g/mol. The van der Waals surface area contributed by atoms with Crippen LogP contribution < -0.4 is 14.8 Å². The minimum absolute atomic E-state index is 0.0269. The number of rotatable bonds is 12. The van der Waals surface area contributed by atoms with E-state index in [2.05, 4.69) is 5.32 Å². The molecule has 0 saturated carbocycles. The van der Waals surface area contributed by atoms with Gasteiger partial charge in [0.15, 0.2) is 11.5 Å². The van der Waals surface area contributed by atoms with E-state index in [1.807, 2.05) is 13.8 Å². The van der Waals surface area contributed by atoms with Crippen molar-refractivity contribution in [3.8, 4) is 11.5 Å². The van der Waals surface area contributed by atoms with Crippen LogP contribution in [-0.2, 0) is 30.3 Å². The number of carboxylic acids is 1. The smallest absolute Gasteiger partial charge is 0.364 e. The Morgan fingerprint density at radius 2 is 1.40 bits per heavy atom. The van der Waals surface area contributed by atoms with Crippen LogP contribution in [0.2, 0.25) is 0 Å². The van der Waals surface area contributed by atoms with Gasteiger partial charge in [-0.2, -0.15) is 0 Å². The molecule has 0 fully saturated rings. The summed E-state index contributed by atoms with van der Waals surface area (Å²) in [6, 6.07) is 4.07. The molecular formula is C26H39NO8. The average Bonchev–Trinajstić information content (AvgIpc) is 2.74. The molecule has 0 spiro atoms. The second kappa shape index (κ2) is 11.7. The molecule has 9 heteroatoms. The van der Waals surface area contributed by atoms with Crippen LogP contribution in [0.5, 0.6) is 11.5 Å². The number of ether oxygens (including phenoxy) is 3. The number of esters is 3. The van der Waals surface area contributed by atoms with Crippen LogP contribution in [-0.4, -0.2) is 40.8 Å². The second-order valence-corrected chi connectivity index (χ2v) is 10.2. The molecule has 0 aliphatic carbocycles. The summed E-state index contributed by atoms with van der Waals surface area (Å²) in [7, 11) is 0. The summed E-state index contributed by atoms with van der Waals surface area (Å²) in [5.41, 5.74) is -3.24. The van der Waals surface area contributed by atoms with Gasteiger partial charge in [0.05, 0.1) is 10.8 Å². The Kier molecular flexibility index (Phi) is 10.0. The van der Waals surface area contributed by atoms with Crippen molar-refractivity contribution >= 4 is 23.9 Å². The van der Waals surface area contributed by atoms with Crippen LogP contribution in [0.1, 0.15) is 80.7 Å². The molecule has 0 bridgehead atoms. The molecule has 196 valence electrons. The molecule has 1 atom stereocenters. The second-order valence-electron chi connectivity index (χ2n) is 10.2. The number of carbonyl (C=O) groups is 4. The summed E-state index contributed by atoms with van der Waals surface area (Å²) in [5, 5.41) is 12.7. The number of nitrogens with one attached hydrogen (secondary N) is 1. The van der Waals surface area contributed by atoms with Gasteiger partial charge in [0.1, 0.15) is 0 Å². The minimum Gasteiger partial charge on any atom is -0.477 e. The molecule has 0 heterocycles. The third kappa shape index (κ3) is 8.06. The third-order valence-corrected chi connectivity index (χ3v) is 5.92. The van der Waals surface area contributed by atoms with Crippen molar-refractivity contribution in [2.45, 2.75) is 93.3 Å². The molecule has 0 aliphatic heterocycles. The zero-order valence-electron chi connectivity index (χ0n) is 22.2. The van der Waals surface area contributed by atoms with Crippen molar-refractivity contribution in [1.82, 2.24) is 5.32 Å². The highest BCUT2D eigenvalue weighted by molar-refractivity contribution is 5.83. The van der Waals surface area contributed by atoms with Crippen molar-refractivity contribution in [2.75, 3.05) is 0 Å². The van der Waals surface area contributed by atoms with Gasteiger partial charge in [-0.15, -0.1) is 0 Å². The molecule has 9 nitrogen and oxygen atoms in total. The van der Waals surface area contributed by atoms with Crippen molar-refractivity contribution < 1.29 is 38.5 Å². The van der Waals surface area contributed by atoms with Crippen molar-refractivity contribution in [3.05, 3.63) is 23.8 Å². The highest BCUT2D eigenvalue weighted by Gasteiger charge is 2.43. The number of benzene rings is 1. The van der Waals surface area contributed by atoms with E-state index in [4.69, 9.17) is 14.2 Å². The number of hydrogen-bond acceptors (Lipinski definition) is 8. The molecule has 0 amide bonds. The standard InChI is InChI=1S/C26H39NO8/c1-10-24(6,7)22(31)33-19-13-12-18(14-20(19)34-23(32)25(8,9)11-2)15-26(21(29)30,27-16(3)4)35-17(5)28/h12-14,16,27H,10-11,15H2,1-9H3,(H,29,30)/t26-/m0/s1. The summed E-state index contributed by atoms with van der Waals surface area (Å²) in [5.74, 6) is -3.18. The quantitative estimate of drug-likeness (QED) is 0.249. The van der Waals surface area contributed by atoms with Crippen molar-refractivity contribution in [2.24, 2.45) is 10.8 Å². The maximum absolute atomic E-state index is 12.8. The Labute approximate surface area is 207 Å². The Morgan fingerprint density at radius 3 is 1.80 bits per heavy atom. The van der Waals surface area contributed by atoms with Gasteiger partial charge in [-0.1, -0.05) is 19.9 Å². The van der Waals surface area contributed by atoms with Gasteiger partial charge in [-0.05, 0) is 72.1 Å². The number of hydrogen-bond donors (Lipinski definition) is 2. The number of aliphatic carboxylic acids is 1. The van der Waals surface area contributed by atoms with Gasteiger partial charge in [0.25, 0.3) is 5.72 Å². The zero-order chi connectivity index (χ0) is 27.2. The normalized spacial score (nSPS) is 13.7. The Hall–Kier alpha value is -2.94. The summed E-state index contributed by atoms with van der Waals surface area (Å²) >= 11 is 0. The topological polar surface area (TPSA) is 128 Å². The molecule has 0 radical (unpaired) electrons. The average molecular weight is 494 g/mol. The third-order valence-electron chi connectivity index (χ3n) is 5.92. The predicted molar refractivity (Wildman–Crippen MR) is 130 cm³/mol. The lowest BCUT2D eigenvalue weighted by molar-refractivity contribution is -0.182. The lowest BCUT2D eigenvalue weighted by Gasteiger charge is -2.32. The lowest BCUT2D eigenvalue weighted by atomic mass is 9.90. The van der Waals surface area contributed by atoms with Gasteiger partial charge in [-0.25, -0.2) is 4.79 Å². The molecule has 35 heavy (non-hydrogen) atoms. The van der Waals surface area contributed by atoms with Crippen molar-refractivity contribution in [3.63, 3.8) is 0 Å². The van der Waals surface area contributed by atoms with Crippen LogP contribution >= 0.6 is 0 Å². The molecule has 1 aromatic carbocycles. The van der Waals surface area contributed by atoms with E-state index in [1.54, 1.807) is 41.5 Å². The molecule has 2 N–H and O–H groups in total. The number of carbonyl (C=O) groups excluding carboxylic acids is 3. The zero-order valence-corrected chi connectivity index (χ0v) is 22.2. The molecule has 0 unspecified atom stereocenters. The maximum Gasteiger partial charge on any atom is 0.364 e. The van der Waals surface area contributed by atoms with Crippen LogP contribution in [0, 0.1) is 10.8 Å². The lowest BCUT2D eigenvalue weighted by Crippen LogP contribution is -2.59. The fourth-order valence-corrected chi connectivity index (χ4v) is 2.89. The SMILES string of the molecule is CCC(C)(C)C(=O)Oc1ccc(C[C@](NC(C)C)(OC(C)=O)C(=O)O)cc1OC(=O)C(C)(C)CC. The van der Waals surface area contributed by atoms with Crippen LogP contribution in [0.3, 0.4) is 0 Å². The summed E-state index contributed by atoms with van der Waals surface area (Å²) in [4.78, 5) is 49.4. The molecule has 0 aliphatic rings. The van der Waals surface area contributed by atoms with Gasteiger partial charge in [0.2, 0.25) is 0 Å². The number of carboxylic acid groups (broad SMARTS) is 1. The Bertz CT molecular complexity index is 951. The van der Waals surface area contributed by atoms with Crippen LogP contribution in [0.4, 0.5) is 0 Å². The fourth-order valence-electron chi connectivity index (χ4n) is 2.89. The molecule has 1 rings (SSSR count). The van der Waals surface area contributed by atoms with E-state index < -0.39 is 40.4 Å². The summed E-state index contributed by atoms with van der Waals surface area (Å²) < 4.78 is 16.4. The van der Waals surface area contributed by atoms with Gasteiger partial charge < -0.3 is 19.3 Å². The largest absolute Gasteiger partial charge is 0.477 e. The maximum atomic E-state index is 12.8. The van der Waals surface area contributed by atoms with E-state index >= 15 is 0 Å². The van der Waals surface area contributed by atoms with Gasteiger partial charge in [-0.3, -0.25) is 19.7 Å². The van der Waals surface area contributed by atoms with E-state index in [1.165, 1.54) is 18.2 Å². The van der Waals surface area contributed by atoms with E-state index in [0.29, 0.717) is 18.4 Å². The predicted octanol–water partition coefficient (Wildman–Crippen LogP) is 4.25. The first kappa shape index (κ1) is 30.1. The highest BCUT2D eigenvalue weighted by atomic mass is 16.6. The van der Waals surface area contributed by atoms with Crippen LogP contribution in [0.25, 0.3) is 0 Å².